The number of alkyl halides is 1. The van der Waals surface area contributed by atoms with Gasteiger partial charge in [-0.3, -0.25) is 42.5 Å². The fourth-order valence-corrected chi connectivity index (χ4v) is 7.60. The molecule has 5 heterocycles. The number of aromatic amines is 2. The van der Waals surface area contributed by atoms with E-state index in [2.05, 4.69) is 19.9 Å². The molecule has 0 bridgehead atoms. The summed E-state index contributed by atoms with van der Waals surface area (Å²) in [5.74, 6) is -1.83. The van der Waals surface area contributed by atoms with E-state index in [9.17, 15) is 28.6 Å². The molecular weight excluding hydrogens is 726 g/mol. The lowest BCUT2D eigenvalue weighted by Crippen LogP contribution is -2.47. The summed E-state index contributed by atoms with van der Waals surface area (Å²) < 4.78 is 66.4. The summed E-state index contributed by atoms with van der Waals surface area (Å²) in [4.78, 5) is 75.8. The largest absolute Gasteiger partial charge is 0.472 e. The molecule has 3 aromatic rings. The summed E-state index contributed by atoms with van der Waals surface area (Å²) in [6, 6.07) is 0.543. The van der Waals surface area contributed by atoms with Crippen LogP contribution in [0.3, 0.4) is 0 Å². The number of H-pyrrole nitrogens is 2. The number of nitrogens with zero attached hydrogens (tertiary/aromatic N) is 5. The van der Waals surface area contributed by atoms with E-state index in [0.717, 1.165) is 16.8 Å². The van der Waals surface area contributed by atoms with Crippen molar-refractivity contribution in [2.45, 2.75) is 109 Å². The highest BCUT2D eigenvalue weighted by molar-refractivity contribution is 7.47. The summed E-state index contributed by atoms with van der Waals surface area (Å²) in [6.07, 6.45) is -8.09. The first-order valence-corrected chi connectivity index (χ1v) is 18.5. The maximum Gasteiger partial charge on any atom is 0.472 e. The topological polar surface area (TPSA) is 257 Å². The van der Waals surface area contributed by atoms with Crippen LogP contribution in [0.1, 0.15) is 60.4 Å². The summed E-state index contributed by atoms with van der Waals surface area (Å²) in [5, 5.41) is 0. The highest BCUT2D eigenvalue weighted by Crippen LogP contribution is 2.50. The summed E-state index contributed by atoms with van der Waals surface area (Å²) in [7, 11) is -3.44. The first kappa shape index (κ1) is 40.4. The molecule has 3 aromatic heterocycles. The minimum absolute atomic E-state index is 0.0288. The smallest absolute Gasteiger partial charge is 0.376 e. The van der Waals surface area contributed by atoms with Gasteiger partial charge in [-0.15, -0.1) is 0 Å². The van der Waals surface area contributed by atoms with Crippen molar-refractivity contribution in [3.63, 3.8) is 0 Å². The second-order valence-corrected chi connectivity index (χ2v) is 15.0. The standard InChI is InChI=1S/C31H46FN8O12P/c1-14(2)39(21(42)10-17-19(12-48-15(3)4)50-28(22(17)32)38-9-8-20(41)35-31(38)44)11-18-24(52-53(45,46)51-16(5)6)25(47-7)29(49-18)40-13-34-23-26(40)36-30(33)37-27(23)43/h8-9,13-19,22,24-25,28-29H,10-12H2,1-7H3,(H,45,46)(H,35,41,44)(H3,33,36,37,43)/t17?,18-,19-,22?,24?,25?,28-,29-/m1/s1. The summed E-state index contributed by atoms with van der Waals surface area (Å²) in [5.41, 5.74) is 3.60. The van der Waals surface area contributed by atoms with Crippen LogP contribution in [0.5, 0.6) is 0 Å². The highest BCUT2D eigenvalue weighted by Gasteiger charge is 2.52. The van der Waals surface area contributed by atoms with Crippen molar-refractivity contribution in [1.82, 2.24) is 34.0 Å². The van der Waals surface area contributed by atoms with Crippen LogP contribution in [-0.2, 0) is 37.4 Å². The minimum atomic E-state index is -4.75. The average molecular weight is 773 g/mol. The zero-order chi connectivity index (χ0) is 38.9. The number of amides is 1. The van der Waals surface area contributed by atoms with Crippen LogP contribution in [0.25, 0.3) is 11.2 Å². The number of ether oxygens (including phenoxy) is 4. The van der Waals surface area contributed by atoms with Gasteiger partial charge in [0, 0.05) is 44.3 Å². The zero-order valence-electron chi connectivity index (χ0n) is 30.3. The number of phosphoric acid groups is 1. The van der Waals surface area contributed by atoms with Gasteiger partial charge in [-0.1, -0.05) is 0 Å². The summed E-state index contributed by atoms with van der Waals surface area (Å²) >= 11 is 0. The molecule has 0 spiro atoms. The predicted octanol–water partition coefficient (Wildman–Crippen LogP) is 0.979. The van der Waals surface area contributed by atoms with E-state index in [1.165, 1.54) is 36.8 Å². The number of nitrogen functional groups attached to an aromatic ring is 1. The van der Waals surface area contributed by atoms with Gasteiger partial charge in [-0.05, 0) is 41.5 Å². The number of methoxy groups -OCH3 is 1. The van der Waals surface area contributed by atoms with E-state index >= 15 is 4.39 Å². The highest BCUT2D eigenvalue weighted by atomic mass is 31.2. The number of rotatable bonds is 15. The van der Waals surface area contributed by atoms with E-state index < -0.39 is 98.1 Å². The van der Waals surface area contributed by atoms with Gasteiger partial charge in [-0.2, -0.15) is 4.98 Å². The molecule has 2 aliphatic rings. The van der Waals surface area contributed by atoms with Gasteiger partial charge in [0.15, 0.2) is 29.8 Å². The Morgan fingerprint density at radius 1 is 1.08 bits per heavy atom. The van der Waals surface area contributed by atoms with Crippen LogP contribution in [0.15, 0.2) is 33.0 Å². The molecule has 1 amide bonds. The van der Waals surface area contributed by atoms with Gasteiger partial charge in [0.1, 0.15) is 18.3 Å². The maximum absolute atomic E-state index is 16.3. The average Bonchev–Trinajstić information content (AvgIpc) is 3.71. The SMILES string of the molecule is COC1C(OP(=O)(O)OC(C)C)[C@@H](CN(C(=O)CC2C(F)[C@H](n3ccc(=O)[nH]c3=O)O[C@@H]2COC(C)C)C(C)C)O[C@H]1n1cnc2c(=O)[nH]c(N)nc21. The van der Waals surface area contributed by atoms with Crippen molar-refractivity contribution < 1.29 is 46.6 Å². The number of nitrogens with two attached hydrogens (primary N) is 1. The van der Waals surface area contributed by atoms with Gasteiger partial charge in [0.05, 0.1) is 31.2 Å². The molecule has 0 saturated carbocycles. The first-order valence-electron chi connectivity index (χ1n) is 17.0. The predicted molar refractivity (Wildman–Crippen MR) is 184 cm³/mol. The molecule has 2 saturated heterocycles. The fourth-order valence-electron chi connectivity index (χ4n) is 6.46. The second kappa shape index (κ2) is 16.3. The lowest BCUT2D eigenvalue weighted by atomic mass is 9.94. The molecule has 0 radical (unpaired) electrons. The quantitative estimate of drug-likeness (QED) is 0.157. The first-order chi connectivity index (χ1) is 24.9. The maximum atomic E-state index is 16.3. The van der Waals surface area contributed by atoms with Crippen molar-refractivity contribution in [2.75, 3.05) is 26.0 Å². The fraction of sp³-hybridized carbons (Fsp3) is 0.677. The van der Waals surface area contributed by atoms with E-state index in [1.807, 2.05) is 0 Å². The Morgan fingerprint density at radius 3 is 2.40 bits per heavy atom. The van der Waals surface area contributed by atoms with Gasteiger partial charge < -0.3 is 34.5 Å². The normalized spacial score (nSPS) is 27.3. The van der Waals surface area contributed by atoms with Crippen LogP contribution in [0, 0.1) is 5.92 Å². The lowest BCUT2D eigenvalue weighted by Gasteiger charge is -2.33. The Bertz CT molecular complexity index is 1980. The van der Waals surface area contributed by atoms with Crippen molar-refractivity contribution in [2.24, 2.45) is 5.92 Å². The second-order valence-electron chi connectivity index (χ2n) is 13.7. The van der Waals surface area contributed by atoms with Crippen LogP contribution in [0.4, 0.5) is 10.3 Å². The Morgan fingerprint density at radius 2 is 1.77 bits per heavy atom. The number of fused-ring (bicyclic) bond motifs is 1. The molecule has 294 valence electrons. The number of carbonyl (C=O) groups is 1. The molecule has 22 heteroatoms. The summed E-state index contributed by atoms with van der Waals surface area (Å²) in [6.45, 7) is 9.73. The van der Waals surface area contributed by atoms with Crippen LogP contribution in [0.2, 0.25) is 0 Å². The number of halogens is 1. The van der Waals surface area contributed by atoms with Crippen molar-refractivity contribution >= 4 is 30.8 Å². The Kier molecular flexibility index (Phi) is 12.4. The van der Waals surface area contributed by atoms with E-state index in [4.69, 9.17) is 33.7 Å². The number of carbonyl (C=O) groups excluding carboxylic acids is 1. The molecule has 0 aromatic carbocycles. The third-order valence-corrected chi connectivity index (χ3v) is 10.0. The number of aromatic nitrogens is 6. The molecule has 0 aliphatic carbocycles. The van der Waals surface area contributed by atoms with Crippen molar-refractivity contribution in [3.05, 3.63) is 49.8 Å². The lowest BCUT2D eigenvalue weighted by molar-refractivity contribution is -0.138. The number of imidazole rings is 1. The van der Waals surface area contributed by atoms with Gasteiger partial charge >= 0.3 is 13.5 Å². The molecule has 5 rings (SSSR count). The number of phosphoric ester groups is 1. The Balaban J connectivity index is 1.46. The molecule has 20 nitrogen and oxygen atoms in total. The number of nitrogens with one attached hydrogen (secondary N) is 2. The van der Waals surface area contributed by atoms with Crippen molar-refractivity contribution in [1.29, 1.82) is 0 Å². The van der Waals surface area contributed by atoms with Gasteiger partial charge in [0.2, 0.25) is 11.9 Å². The third kappa shape index (κ3) is 8.94. The van der Waals surface area contributed by atoms with Crippen LogP contribution >= 0.6 is 7.82 Å². The van der Waals surface area contributed by atoms with E-state index in [1.54, 1.807) is 27.7 Å². The van der Waals surface area contributed by atoms with Gasteiger partial charge in [0.25, 0.3) is 11.1 Å². The molecular formula is C31H46FN8O12P. The number of hydrogen-bond donors (Lipinski definition) is 4. The number of hydrogen-bond acceptors (Lipinski definition) is 14. The van der Waals surface area contributed by atoms with Crippen molar-refractivity contribution in [3.8, 4) is 0 Å². The molecule has 2 aliphatic heterocycles. The molecule has 2 fully saturated rings. The molecule has 5 N–H and O–H groups in total. The number of anilines is 1. The minimum Gasteiger partial charge on any atom is -0.376 e. The zero-order valence-corrected chi connectivity index (χ0v) is 31.2. The molecule has 53 heavy (non-hydrogen) atoms. The van der Waals surface area contributed by atoms with Gasteiger partial charge in [-0.25, -0.2) is 18.7 Å². The third-order valence-electron chi connectivity index (χ3n) is 8.80. The van der Waals surface area contributed by atoms with Crippen LogP contribution < -0.4 is 22.5 Å². The Hall–Kier alpha value is -3.82. The van der Waals surface area contributed by atoms with Crippen LogP contribution in [-0.4, -0.2) is 114 Å². The Labute approximate surface area is 302 Å². The monoisotopic (exact) mass is 772 g/mol. The van der Waals surface area contributed by atoms with E-state index in [0.29, 0.717) is 0 Å². The molecule has 5 unspecified atom stereocenters. The van der Waals surface area contributed by atoms with E-state index in [-0.39, 0.29) is 36.4 Å². The molecule has 9 atom stereocenters.